The summed E-state index contributed by atoms with van der Waals surface area (Å²) in [6.45, 7) is 1.44. The first-order valence-corrected chi connectivity index (χ1v) is 8.46. The predicted molar refractivity (Wildman–Crippen MR) is 95.7 cm³/mol. The summed E-state index contributed by atoms with van der Waals surface area (Å²) in [4.78, 5) is 13.4. The van der Waals surface area contributed by atoms with Crippen LogP contribution in [0.15, 0.2) is 36.4 Å². The standard InChI is InChI=1S/C18H16Cl2F2N2O/c1-24-8-14(13-6-11(19)7-16(20)15(13)9-24)10-3-2-4-12(5-10)23-18(25)17(21)22/h2-7,14,17H,8-9H2,1H3,(H,23,25). The van der Waals surface area contributed by atoms with Gasteiger partial charge in [-0.25, -0.2) is 0 Å². The summed E-state index contributed by atoms with van der Waals surface area (Å²) in [6.07, 6.45) is -3.05. The highest BCUT2D eigenvalue weighted by Gasteiger charge is 2.27. The molecule has 1 aliphatic heterocycles. The molecule has 0 spiro atoms. The fourth-order valence-corrected chi connectivity index (χ4v) is 3.73. The van der Waals surface area contributed by atoms with Crippen LogP contribution < -0.4 is 5.32 Å². The number of hydrogen-bond acceptors (Lipinski definition) is 2. The van der Waals surface area contributed by atoms with Crippen molar-refractivity contribution < 1.29 is 13.6 Å². The fraction of sp³-hybridized carbons (Fsp3) is 0.278. The number of benzene rings is 2. The van der Waals surface area contributed by atoms with Crippen LogP contribution in [0.4, 0.5) is 14.5 Å². The quantitative estimate of drug-likeness (QED) is 0.825. The average molecular weight is 385 g/mol. The first-order chi connectivity index (χ1) is 11.8. The Balaban J connectivity index is 1.99. The van der Waals surface area contributed by atoms with E-state index >= 15 is 0 Å². The Hall–Kier alpha value is -1.69. The molecule has 1 heterocycles. The lowest BCUT2D eigenvalue weighted by Gasteiger charge is -2.33. The maximum absolute atomic E-state index is 12.5. The number of hydrogen-bond donors (Lipinski definition) is 1. The largest absolute Gasteiger partial charge is 0.321 e. The number of nitrogens with one attached hydrogen (secondary N) is 1. The van der Waals surface area contributed by atoms with Crippen LogP contribution in [0.3, 0.4) is 0 Å². The highest BCUT2D eigenvalue weighted by Crippen LogP contribution is 2.38. The molecule has 25 heavy (non-hydrogen) atoms. The summed E-state index contributed by atoms with van der Waals surface area (Å²) in [5.74, 6) is -1.34. The van der Waals surface area contributed by atoms with Crippen molar-refractivity contribution >= 4 is 34.8 Å². The third-order valence-corrected chi connectivity index (χ3v) is 4.80. The number of anilines is 1. The van der Waals surface area contributed by atoms with E-state index in [0.717, 1.165) is 23.2 Å². The number of fused-ring (bicyclic) bond motifs is 1. The molecule has 1 unspecified atom stereocenters. The molecule has 0 bridgehead atoms. The Labute approximate surface area is 154 Å². The molecule has 0 saturated carbocycles. The molecule has 7 heteroatoms. The second kappa shape index (κ2) is 7.28. The van der Waals surface area contributed by atoms with E-state index in [9.17, 15) is 13.6 Å². The summed E-state index contributed by atoms with van der Waals surface area (Å²) >= 11 is 12.5. The van der Waals surface area contributed by atoms with Crippen molar-refractivity contribution in [3.63, 3.8) is 0 Å². The minimum absolute atomic E-state index is 0.0200. The summed E-state index contributed by atoms with van der Waals surface area (Å²) in [5.41, 5.74) is 3.27. The van der Waals surface area contributed by atoms with Crippen molar-refractivity contribution in [2.45, 2.75) is 18.9 Å². The van der Waals surface area contributed by atoms with Gasteiger partial charge in [-0.05, 0) is 48.0 Å². The smallest absolute Gasteiger partial charge is 0.315 e. The highest BCUT2D eigenvalue weighted by atomic mass is 35.5. The van der Waals surface area contributed by atoms with Gasteiger partial charge in [0.15, 0.2) is 0 Å². The van der Waals surface area contributed by atoms with E-state index in [0.29, 0.717) is 22.3 Å². The van der Waals surface area contributed by atoms with Crippen molar-refractivity contribution in [1.29, 1.82) is 0 Å². The fourth-order valence-electron chi connectivity index (χ4n) is 3.16. The minimum atomic E-state index is -3.05. The third-order valence-electron chi connectivity index (χ3n) is 4.25. The summed E-state index contributed by atoms with van der Waals surface area (Å²) < 4.78 is 24.9. The monoisotopic (exact) mass is 384 g/mol. The number of rotatable bonds is 3. The molecular weight excluding hydrogens is 369 g/mol. The number of carbonyl (C=O) groups is 1. The minimum Gasteiger partial charge on any atom is -0.321 e. The SMILES string of the molecule is CN1Cc2c(Cl)cc(Cl)cc2C(c2cccc(NC(=O)C(F)F)c2)C1. The number of carbonyl (C=O) groups excluding carboxylic acids is 1. The van der Waals surface area contributed by atoms with E-state index in [1.54, 1.807) is 24.3 Å². The van der Waals surface area contributed by atoms with E-state index in [1.807, 2.05) is 19.2 Å². The van der Waals surface area contributed by atoms with Gasteiger partial charge in [-0.2, -0.15) is 8.78 Å². The van der Waals surface area contributed by atoms with Gasteiger partial charge in [-0.15, -0.1) is 0 Å². The van der Waals surface area contributed by atoms with Crippen molar-refractivity contribution in [2.24, 2.45) is 0 Å². The maximum atomic E-state index is 12.5. The molecule has 1 atom stereocenters. The number of halogens is 4. The molecule has 1 aliphatic rings. The Kier molecular flexibility index (Phi) is 5.27. The highest BCUT2D eigenvalue weighted by molar-refractivity contribution is 6.35. The van der Waals surface area contributed by atoms with Crippen LogP contribution in [0.1, 0.15) is 22.6 Å². The van der Waals surface area contributed by atoms with Gasteiger partial charge in [0.1, 0.15) is 0 Å². The normalized spacial score (nSPS) is 17.4. The maximum Gasteiger partial charge on any atom is 0.315 e. The zero-order valence-electron chi connectivity index (χ0n) is 13.4. The van der Waals surface area contributed by atoms with Crippen molar-refractivity contribution in [2.75, 3.05) is 18.9 Å². The number of nitrogens with zero attached hydrogens (tertiary/aromatic N) is 1. The van der Waals surface area contributed by atoms with E-state index < -0.39 is 12.3 Å². The number of amides is 1. The molecular formula is C18H16Cl2F2N2O. The first-order valence-electron chi connectivity index (χ1n) is 7.70. The second-order valence-electron chi connectivity index (χ2n) is 6.12. The van der Waals surface area contributed by atoms with E-state index in [1.165, 1.54) is 0 Å². The second-order valence-corrected chi connectivity index (χ2v) is 6.96. The topological polar surface area (TPSA) is 32.3 Å². The molecule has 0 aliphatic carbocycles. The van der Waals surface area contributed by atoms with Gasteiger partial charge >= 0.3 is 6.43 Å². The summed E-state index contributed by atoms with van der Waals surface area (Å²) in [5, 5.41) is 3.39. The predicted octanol–water partition coefficient (Wildman–Crippen LogP) is 4.77. The number of alkyl halides is 2. The average Bonchev–Trinajstić information content (AvgIpc) is 2.55. The molecule has 2 aromatic carbocycles. The van der Waals surface area contributed by atoms with Crippen molar-refractivity contribution in [3.05, 3.63) is 63.1 Å². The molecule has 0 aromatic heterocycles. The van der Waals surface area contributed by atoms with Crippen LogP contribution >= 0.6 is 23.2 Å². The third kappa shape index (κ3) is 3.94. The molecule has 3 rings (SSSR count). The van der Waals surface area contributed by atoms with Crippen LogP contribution in [0.25, 0.3) is 0 Å². The van der Waals surface area contributed by atoms with Crippen LogP contribution in [0.5, 0.6) is 0 Å². The molecule has 0 radical (unpaired) electrons. The van der Waals surface area contributed by atoms with Crippen LogP contribution in [0, 0.1) is 0 Å². The van der Waals surface area contributed by atoms with Crippen molar-refractivity contribution in [1.82, 2.24) is 4.90 Å². The van der Waals surface area contributed by atoms with Gasteiger partial charge in [0.05, 0.1) is 0 Å². The zero-order chi connectivity index (χ0) is 18.1. The van der Waals surface area contributed by atoms with Gasteiger partial charge in [-0.1, -0.05) is 35.3 Å². The molecule has 0 saturated heterocycles. The molecule has 132 valence electrons. The Morgan fingerprint density at radius 3 is 2.76 bits per heavy atom. The van der Waals surface area contributed by atoms with E-state index in [2.05, 4.69) is 10.2 Å². The lowest BCUT2D eigenvalue weighted by atomic mass is 9.84. The first kappa shape index (κ1) is 18.1. The van der Waals surface area contributed by atoms with Gasteiger partial charge in [0.25, 0.3) is 5.91 Å². The van der Waals surface area contributed by atoms with Gasteiger partial charge < -0.3 is 10.2 Å². The molecule has 1 N–H and O–H groups in total. The molecule has 1 amide bonds. The van der Waals surface area contributed by atoms with Gasteiger partial charge in [0.2, 0.25) is 0 Å². The molecule has 2 aromatic rings. The number of likely N-dealkylation sites (N-methyl/N-ethyl adjacent to an activating group) is 1. The van der Waals surface area contributed by atoms with Crippen LogP contribution in [-0.2, 0) is 11.3 Å². The lowest BCUT2D eigenvalue weighted by molar-refractivity contribution is -0.126. The van der Waals surface area contributed by atoms with Gasteiger partial charge in [-0.3, -0.25) is 4.79 Å². The Bertz CT molecular complexity index is 814. The summed E-state index contributed by atoms with van der Waals surface area (Å²) in [6, 6.07) is 10.5. The van der Waals surface area contributed by atoms with Gasteiger partial charge in [0, 0.05) is 34.7 Å². The molecule has 0 fully saturated rings. The van der Waals surface area contributed by atoms with Crippen LogP contribution in [-0.4, -0.2) is 30.8 Å². The Morgan fingerprint density at radius 1 is 1.28 bits per heavy atom. The van der Waals surface area contributed by atoms with E-state index in [4.69, 9.17) is 23.2 Å². The lowest BCUT2D eigenvalue weighted by Crippen LogP contribution is -2.31. The Morgan fingerprint density at radius 2 is 2.04 bits per heavy atom. The van der Waals surface area contributed by atoms with E-state index in [-0.39, 0.29) is 5.92 Å². The summed E-state index contributed by atoms with van der Waals surface area (Å²) in [7, 11) is 1.99. The van der Waals surface area contributed by atoms with Crippen molar-refractivity contribution in [3.8, 4) is 0 Å². The molecule has 3 nitrogen and oxygen atoms in total. The van der Waals surface area contributed by atoms with Crippen LogP contribution in [0.2, 0.25) is 10.0 Å². The zero-order valence-corrected chi connectivity index (χ0v) is 14.9.